The van der Waals surface area contributed by atoms with E-state index in [9.17, 15) is 14.7 Å². The maximum absolute atomic E-state index is 12.7. The second kappa shape index (κ2) is 9.92. The highest BCUT2D eigenvalue weighted by Gasteiger charge is 2.31. The lowest BCUT2D eigenvalue weighted by molar-refractivity contribution is -0.145. The van der Waals surface area contributed by atoms with Crippen molar-refractivity contribution in [3.63, 3.8) is 0 Å². The fraction of sp³-hybridized carbons (Fsp3) is 0.350. The van der Waals surface area contributed by atoms with Crippen molar-refractivity contribution in [3.8, 4) is 11.5 Å². The summed E-state index contributed by atoms with van der Waals surface area (Å²) in [6.07, 6.45) is 1.09. The van der Waals surface area contributed by atoms with Crippen LogP contribution in [0, 0.1) is 6.92 Å². The maximum Gasteiger partial charge on any atom is 0.344 e. The number of aliphatic carboxylic acids is 1. The van der Waals surface area contributed by atoms with Crippen molar-refractivity contribution in [3.05, 3.63) is 33.7 Å². The van der Waals surface area contributed by atoms with Gasteiger partial charge in [0.25, 0.3) is 5.91 Å². The lowest BCUT2D eigenvalue weighted by Crippen LogP contribution is -2.26. The fourth-order valence-corrected chi connectivity index (χ4v) is 4.24. The number of carbonyl (C=O) groups excluding carboxylic acids is 1. The highest BCUT2D eigenvalue weighted by molar-refractivity contribution is 8.18. The molecule has 1 atom stereocenters. The third-order valence-electron chi connectivity index (χ3n) is 4.19. The number of amides is 1. The van der Waals surface area contributed by atoms with Gasteiger partial charge in [0.2, 0.25) is 5.13 Å². The van der Waals surface area contributed by atoms with Crippen LogP contribution in [-0.2, 0) is 9.59 Å². The van der Waals surface area contributed by atoms with Crippen molar-refractivity contribution >= 4 is 51.4 Å². The molecule has 1 aromatic carbocycles. The molecule has 0 bridgehead atoms. The van der Waals surface area contributed by atoms with Crippen LogP contribution in [0.1, 0.15) is 30.8 Å². The Morgan fingerprint density at radius 3 is 2.71 bits per heavy atom. The average molecular weight is 463 g/mol. The zero-order valence-electron chi connectivity index (χ0n) is 17.5. The minimum absolute atomic E-state index is 0.180. The summed E-state index contributed by atoms with van der Waals surface area (Å²) < 4.78 is 11.2. The zero-order valence-corrected chi connectivity index (χ0v) is 19.1. The SMILES string of the molecule is CCOc1cc(/C=C2/S/C(=N/c3nnc(C)s3)N(C)C2=O)ccc1OC(CC)C(=O)O. The molecular weight excluding hydrogens is 440 g/mol. The van der Waals surface area contributed by atoms with E-state index in [2.05, 4.69) is 15.2 Å². The number of thioether (sulfide) groups is 1. The Kier molecular flexibility index (Phi) is 7.29. The average Bonchev–Trinajstić information content (AvgIpc) is 3.25. The number of amidine groups is 1. The van der Waals surface area contributed by atoms with Gasteiger partial charge in [0, 0.05) is 7.05 Å². The number of carboxylic acids is 1. The van der Waals surface area contributed by atoms with E-state index in [1.54, 1.807) is 38.2 Å². The van der Waals surface area contributed by atoms with E-state index >= 15 is 0 Å². The number of rotatable bonds is 8. The van der Waals surface area contributed by atoms with Crippen molar-refractivity contribution < 1.29 is 24.2 Å². The van der Waals surface area contributed by atoms with Crippen molar-refractivity contribution in [2.75, 3.05) is 13.7 Å². The van der Waals surface area contributed by atoms with E-state index in [1.165, 1.54) is 28.0 Å². The van der Waals surface area contributed by atoms with Crippen molar-refractivity contribution in [2.45, 2.75) is 33.3 Å². The number of aromatic nitrogens is 2. The first-order valence-electron chi connectivity index (χ1n) is 9.55. The third-order valence-corrected chi connectivity index (χ3v) is 5.98. The molecule has 1 aromatic heterocycles. The summed E-state index contributed by atoms with van der Waals surface area (Å²) in [7, 11) is 1.66. The van der Waals surface area contributed by atoms with Gasteiger partial charge in [-0.3, -0.25) is 9.69 Å². The van der Waals surface area contributed by atoms with Crippen LogP contribution in [0.5, 0.6) is 11.5 Å². The number of benzene rings is 1. The molecule has 9 nitrogen and oxygen atoms in total. The molecule has 1 aliphatic heterocycles. The van der Waals surface area contributed by atoms with Gasteiger partial charge in [-0.05, 0) is 55.8 Å². The Morgan fingerprint density at radius 2 is 2.10 bits per heavy atom. The molecule has 1 N–H and O–H groups in total. The smallest absolute Gasteiger partial charge is 0.344 e. The van der Waals surface area contributed by atoms with Crippen LogP contribution in [0.2, 0.25) is 0 Å². The molecule has 1 amide bonds. The maximum atomic E-state index is 12.7. The van der Waals surface area contributed by atoms with Gasteiger partial charge in [0.05, 0.1) is 11.5 Å². The number of likely N-dealkylation sites (N-methyl/N-ethyl adjacent to an activating group) is 1. The molecule has 3 rings (SSSR count). The predicted octanol–water partition coefficient (Wildman–Crippen LogP) is 3.72. The second-order valence-corrected chi connectivity index (χ2v) is 8.63. The molecule has 31 heavy (non-hydrogen) atoms. The molecule has 0 radical (unpaired) electrons. The van der Waals surface area contributed by atoms with Crippen LogP contribution < -0.4 is 9.47 Å². The molecule has 11 heteroatoms. The number of aliphatic imine (C=N–C) groups is 1. The van der Waals surface area contributed by atoms with E-state index in [-0.39, 0.29) is 5.91 Å². The number of ether oxygens (including phenoxy) is 2. The summed E-state index contributed by atoms with van der Waals surface area (Å²) in [5.41, 5.74) is 0.719. The Labute approximate surface area is 187 Å². The van der Waals surface area contributed by atoms with Crippen LogP contribution in [0.4, 0.5) is 5.13 Å². The van der Waals surface area contributed by atoms with Gasteiger partial charge in [-0.2, -0.15) is 4.99 Å². The van der Waals surface area contributed by atoms with E-state index < -0.39 is 12.1 Å². The molecule has 164 valence electrons. The van der Waals surface area contributed by atoms with Gasteiger partial charge < -0.3 is 14.6 Å². The minimum Gasteiger partial charge on any atom is -0.490 e. The van der Waals surface area contributed by atoms with E-state index in [0.29, 0.717) is 39.7 Å². The monoisotopic (exact) mass is 462 g/mol. The number of nitrogens with zero attached hydrogens (tertiary/aromatic N) is 4. The van der Waals surface area contributed by atoms with Gasteiger partial charge in [-0.15, -0.1) is 10.2 Å². The van der Waals surface area contributed by atoms with E-state index in [1.807, 2.05) is 13.8 Å². The molecule has 1 aliphatic rings. The van der Waals surface area contributed by atoms with Crippen LogP contribution in [0.15, 0.2) is 28.1 Å². The van der Waals surface area contributed by atoms with Crippen molar-refractivity contribution in [1.29, 1.82) is 0 Å². The molecule has 0 spiro atoms. The number of carbonyl (C=O) groups is 2. The lowest BCUT2D eigenvalue weighted by atomic mass is 10.1. The molecule has 1 fully saturated rings. The molecule has 1 unspecified atom stereocenters. The molecule has 1 saturated heterocycles. The van der Waals surface area contributed by atoms with E-state index in [4.69, 9.17) is 9.47 Å². The minimum atomic E-state index is -1.04. The highest BCUT2D eigenvalue weighted by atomic mass is 32.2. The summed E-state index contributed by atoms with van der Waals surface area (Å²) in [6, 6.07) is 5.11. The van der Waals surface area contributed by atoms with Crippen LogP contribution in [-0.4, -0.2) is 57.0 Å². The quantitative estimate of drug-likeness (QED) is 0.591. The largest absolute Gasteiger partial charge is 0.490 e. The standard InChI is InChI=1S/C20H22N4O5S2/c1-5-13(18(26)27)29-14-8-7-12(9-15(14)28-6-2)10-16-17(25)24(4)20(31-16)21-19-23-22-11(3)30-19/h7-10,13H,5-6H2,1-4H3,(H,26,27)/b16-10+,21-20+. The molecule has 2 heterocycles. The van der Waals surface area contributed by atoms with Crippen molar-refractivity contribution in [2.24, 2.45) is 4.99 Å². The highest BCUT2D eigenvalue weighted by Crippen LogP contribution is 2.36. The Hall–Kier alpha value is -2.92. The van der Waals surface area contributed by atoms with Gasteiger partial charge in [-0.25, -0.2) is 4.79 Å². The summed E-state index contributed by atoms with van der Waals surface area (Å²) >= 11 is 2.59. The summed E-state index contributed by atoms with van der Waals surface area (Å²) in [5, 5.41) is 19.0. The Balaban J connectivity index is 1.86. The predicted molar refractivity (Wildman–Crippen MR) is 120 cm³/mol. The topological polar surface area (TPSA) is 114 Å². The first-order chi connectivity index (χ1) is 14.8. The fourth-order valence-electron chi connectivity index (χ4n) is 2.66. The van der Waals surface area contributed by atoms with Crippen molar-refractivity contribution in [1.82, 2.24) is 15.1 Å². The number of aryl methyl sites for hydroxylation is 1. The van der Waals surface area contributed by atoms with Gasteiger partial charge in [0.1, 0.15) is 5.01 Å². The van der Waals surface area contributed by atoms with Gasteiger partial charge >= 0.3 is 5.97 Å². The van der Waals surface area contributed by atoms with Crippen LogP contribution >= 0.6 is 23.1 Å². The molecule has 0 aliphatic carbocycles. The number of hydrogen-bond acceptors (Lipinski definition) is 9. The lowest BCUT2D eigenvalue weighted by Gasteiger charge is -2.17. The summed E-state index contributed by atoms with van der Waals surface area (Å²) in [4.78, 5) is 30.3. The zero-order chi connectivity index (χ0) is 22.5. The van der Waals surface area contributed by atoms with Crippen LogP contribution in [0.3, 0.4) is 0 Å². The van der Waals surface area contributed by atoms with E-state index in [0.717, 1.165) is 10.6 Å². The molecule has 0 saturated carbocycles. The first-order valence-corrected chi connectivity index (χ1v) is 11.2. The first kappa shape index (κ1) is 22.8. The summed E-state index contributed by atoms with van der Waals surface area (Å²) in [5.74, 6) is -0.460. The third kappa shape index (κ3) is 5.42. The number of carboxylic acid groups (broad SMARTS) is 1. The normalized spacial score (nSPS) is 17.4. The molecule has 2 aromatic rings. The Morgan fingerprint density at radius 1 is 1.32 bits per heavy atom. The van der Waals surface area contributed by atoms with Crippen LogP contribution in [0.25, 0.3) is 6.08 Å². The number of hydrogen-bond donors (Lipinski definition) is 1. The Bertz CT molecular complexity index is 1050. The molecular formula is C20H22N4O5S2. The summed E-state index contributed by atoms with van der Waals surface area (Å²) in [6.45, 7) is 5.78. The van der Waals surface area contributed by atoms with Gasteiger partial charge in [0.15, 0.2) is 22.8 Å². The van der Waals surface area contributed by atoms with Gasteiger partial charge in [-0.1, -0.05) is 24.3 Å². The second-order valence-electron chi connectivity index (χ2n) is 6.47.